The van der Waals surface area contributed by atoms with Crippen molar-refractivity contribution in [2.45, 2.75) is 4.90 Å². The zero-order valence-corrected chi connectivity index (χ0v) is 15.4. The molecular weight excluding hydrogens is 380 g/mol. The predicted octanol–water partition coefficient (Wildman–Crippen LogP) is 3.67. The monoisotopic (exact) mass is 396 g/mol. The van der Waals surface area contributed by atoms with Crippen LogP contribution in [0.3, 0.4) is 0 Å². The number of nitrogens with zero attached hydrogens (tertiary/aromatic N) is 1. The molecular formula is C20H16N2O5S. The smallest absolute Gasteiger partial charge is 0.269 e. The van der Waals surface area contributed by atoms with Crippen molar-refractivity contribution in [1.82, 2.24) is 0 Å². The van der Waals surface area contributed by atoms with Crippen LogP contribution in [0.1, 0.15) is 0 Å². The predicted molar refractivity (Wildman–Crippen MR) is 106 cm³/mol. The lowest BCUT2D eigenvalue weighted by atomic mass is 10.1. The Balaban J connectivity index is 1.67. The number of hydrogen-bond donors (Lipinski definition) is 1. The second-order valence-electron chi connectivity index (χ2n) is 6.00. The number of hydrogen-bond acceptors (Lipinski definition) is 5. The molecule has 0 aliphatic carbocycles. The first kappa shape index (κ1) is 19.2. The molecule has 8 heteroatoms. The van der Waals surface area contributed by atoms with Gasteiger partial charge in [-0.05, 0) is 47.5 Å². The standard InChI is InChI=1S/C20H16N2O5S/c23-20(14-28(26,27)19-4-2-1-3-5-19)21-17-10-6-15(7-11-17)16-8-12-18(13-9-16)22(24)25/h1-13H,14H2,(H,21,23). The van der Waals surface area contributed by atoms with Crippen LogP contribution in [0.5, 0.6) is 0 Å². The minimum atomic E-state index is -3.71. The molecule has 0 saturated carbocycles. The van der Waals surface area contributed by atoms with Crippen LogP contribution in [0.25, 0.3) is 11.1 Å². The first-order chi connectivity index (χ1) is 13.3. The van der Waals surface area contributed by atoms with Gasteiger partial charge in [0.1, 0.15) is 5.75 Å². The number of benzene rings is 3. The summed E-state index contributed by atoms with van der Waals surface area (Å²) in [7, 11) is -3.71. The van der Waals surface area contributed by atoms with Gasteiger partial charge in [-0.2, -0.15) is 0 Å². The molecule has 0 aliphatic rings. The molecule has 0 atom stereocenters. The van der Waals surface area contributed by atoms with Gasteiger partial charge in [-0.15, -0.1) is 0 Å². The Bertz CT molecular complexity index is 1090. The lowest BCUT2D eigenvalue weighted by molar-refractivity contribution is -0.384. The number of nitro groups is 1. The van der Waals surface area contributed by atoms with Crippen molar-refractivity contribution in [2.75, 3.05) is 11.1 Å². The second-order valence-corrected chi connectivity index (χ2v) is 7.99. The van der Waals surface area contributed by atoms with E-state index in [1.54, 1.807) is 54.6 Å². The summed E-state index contributed by atoms with van der Waals surface area (Å²) < 4.78 is 24.5. The van der Waals surface area contributed by atoms with E-state index in [-0.39, 0.29) is 10.6 Å². The van der Waals surface area contributed by atoms with Crippen molar-refractivity contribution in [2.24, 2.45) is 0 Å². The highest BCUT2D eigenvalue weighted by molar-refractivity contribution is 7.92. The lowest BCUT2D eigenvalue weighted by Gasteiger charge is -2.08. The minimum Gasteiger partial charge on any atom is -0.325 e. The highest BCUT2D eigenvalue weighted by atomic mass is 32.2. The van der Waals surface area contributed by atoms with Crippen LogP contribution in [0.15, 0.2) is 83.8 Å². The van der Waals surface area contributed by atoms with E-state index >= 15 is 0 Å². The number of amides is 1. The molecule has 3 aromatic rings. The van der Waals surface area contributed by atoms with Gasteiger partial charge in [0.2, 0.25) is 5.91 Å². The molecule has 3 aromatic carbocycles. The summed E-state index contributed by atoms with van der Waals surface area (Å²) in [6.07, 6.45) is 0. The van der Waals surface area contributed by atoms with Crippen LogP contribution < -0.4 is 5.32 Å². The minimum absolute atomic E-state index is 0.00672. The van der Waals surface area contributed by atoms with Crippen molar-refractivity contribution in [1.29, 1.82) is 0 Å². The van der Waals surface area contributed by atoms with E-state index in [4.69, 9.17) is 0 Å². The van der Waals surface area contributed by atoms with Gasteiger partial charge in [0, 0.05) is 17.8 Å². The maximum absolute atomic E-state index is 12.2. The highest BCUT2D eigenvalue weighted by Crippen LogP contribution is 2.24. The fourth-order valence-corrected chi connectivity index (χ4v) is 3.76. The van der Waals surface area contributed by atoms with Gasteiger partial charge in [0.25, 0.3) is 5.69 Å². The van der Waals surface area contributed by atoms with Crippen LogP contribution in [0, 0.1) is 10.1 Å². The molecule has 0 heterocycles. The summed E-state index contributed by atoms with van der Waals surface area (Å²) in [6.45, 7) is 0. The number of nitrogens with one attached hydrogen (secondary N) is 1. The largest absolute Gasteiger partial charge is 0.325 e. The van der Waals surface area contributed by atoms with Crippen molar-refractivity contribution in [3.8, 4) is 11.1 Å². The fraction of sp³-hybridized carbons (Fsp3) is 0.0500. The summed E-state index contributed by atoms with van der Waals surface area (Å²) in [5, 5.41) is 13.3. The Morgan fingerprint density at radius 3 is 1.93 bits per heavy atom. The van der Waals surface area contributed by atoms with E-state index < -0.39 is 26.4 Å². The van der Waals surface area contributed by atoms with Crippen LogP contribution in [0.2, 0.25) is 0 Å². The normalized spacial score (nSPS) is 11.0. The van der Waals surface area contributed by atoms with Crippen LogP contribution in [-0.2, 0) is 14.6 Å². The molecule has 1 N–H and O–H groups in total. The SMILES string of the molecule is O=C(CS(=O)(=O)c1ccccc1)Nc1ccc(-c2ccc([N+](=O)[O-])cc2)cc1. The summed E-state index contributed by atoms with van der Waals surface area (Å²) in [4.78, 5) is 22.4. The quantitative estimate of drug-likeness (QED) is 0.505. The Morgan fingerprint density at radius 1 is 0.857 bits per heavy atom. The zero-order chi connectivity index (χ0) is 20.1. The second kappa shape index (κ2) is 8.01. The number of sulfone groups is 1. The van der Waals surface area contributed by atoms with Crippen LogP contribution in [-0.4, -0.2) is 25.0 Å². The number of carbonyl (C=O) groups is 1. The average molecular weight is 396 g/mol. The van der Waals surface area contributed by atoms with Crippen LogP contribution in [0.4, 0.5) is 11.4 Å². The molecule has 7 nitrogen and oxygen atoms in total. The van der Waals surface area contributed by atoms with E-state index in [1.807, 2.05) is 0 Å². The molecule has 28 heavy (non-hydrogen) atoms. The van der Waals surface area contributed by atoms with Gasteiger partial charge >= 0.3 is 0 Å². The Labute approximate surface area is 161 Å². The van der Waals surface area contributed by atoms with Gasteiger partial charge in [-0.1, -0.05) is 30.3 Å². The Hall–Kier alpha value is -3.52. The van der Waals surface area contributed by atoms with Crippen molar-refractivity contribution in [3.05, 3.63) is 89.0 Å². The van der Waals surface area contributed by atoms with Gasteiger partial charge in [0.15, 0.2) is 9.84 Å². The maximum atomic E-state index is 12.2. The van der Waals surface area contributed by atoms with E-state index in [9.17, 15) is 23.3 Å². The molecule has 0 unspecified atom stereocenters. The summed E-state index contributed by atoms with van der Waals surface area (Å²) in [6, 6.07) is 20.7. The molecule has 0 aromatic heterocycles. The molecule has 142 valence electrons. The lowest BCUT2D eigenvalue weighted by Crippen LogP contribution is -2.22. The molecule has 1 amide bonds. The van der Waals surface area contributed by atoms with Gasteiger partial charge in [0.05, 0.1) is 9.82 Å². The summed E-state index contributed by atoms with van der Waals surface area (Å²) in [5.74, 6) is -1.28. The number of anilines is 1. The number of rotatable bonds is 6. The molecule has 0 radical (unpaired) electrons. The summed E-state index contributed by atoms with van der Waals surface area (Å²) >= 11 is 0. The first-order valence-corrected chi connectivity index (χ1v) is 9.93. The number of non-ortho nitro benzene ring substituents is 1. The topological polar surface area (TPSA) is 106 Å². The van der Waals surface area contributed by atoms with E-state index in [1.165, 1.54) is 24.3 Å². The number of nitro benzene ring substituents is 1. The molecule has 0 spiro atoms. The Kier molecular flexibility index (Phi) is 5.51. The summed E-state index contributed by atoms with van der Waals surface area (Å²) in [5.41, 5.74) is 2.06. The maximum Gasteiger partial charge on any atom is 0.269 e. The van der Waals surface area contributed by atoms with Gasteiger partial charge in [-0.3, -0.25) is 14.9 Å². The van der Waals surface area contributed by atoms with E-state index in [0.29, 0.717) is 5.69 Å². The third-order valence-corrected chi connectivity index (χ3v) is 5.64. The zero-order valence-electron chi connectivity index (χ0n) is 14.6. The number of carbonyl (C=O) groups excluding carboxylic acids is 1. The van der Waals surface area contributed by atoms with Crippen molar-refractivity contribution >= 4 is 27.1 Å². The third kappa shape index (κ3) is 4.60. The van der Waals surface area contributed by atoms with E-state index in [0.717, 1.165) is 11.1 Å². The van der Waals surface area contributed by atoms with Gasteiger partial charge in [-0.25, -0.2) is 8.42 Å². The van der Waals surface area contributed by atoms with E-state index in [2.05, 4.69) is 5.32 Å². The molecule has 0 fully saturated rings. The average Bonchev–Trinajstić information content (AvgIpc) is 2.69. The molecule has 0 aliphatic heterocycles. The van der Waals surface area contributed by atoms with Gasteiger partial charge < -0.3 is 5.32 Å². The fourth-order valence-electron chi connectivity index (χ4n) is 2.60. The highest BCUT2D eigenvalue weighted by Gasteiger charge is 2.19. The molecule has 3 rings (SSSR count). The molecule has 0 bridgehead atoms. The first-order valence-electron chi connectivity index (χ1n) is 8.28. The molecule has 0 saturated heterocycles. The Morgan fingerprint density at radius 2 is 1.39 bits per heavy atom. The van der Waals surface area contributed by atoms with Crippen molar-refractivity contribution in [3.63, 3.8) is 0 Å². The van der Waals surface area contributed by atoms with Crippen molar-refractivity contribution < 1.29 is 18.1 Å². The third-order valence-electron chi connectivity index (χ3n) is 4.00. The van der Waals surface area contributed by atoms with Crippen LogP contribution >= 0.6 is 0 Å².